The standard InChI is InChI=1S/C19H17N3O3/c1-2-23-16-6-4-3-5-12(16)13-8-19-21-20-10-22(19)15-9-18-17(7-14(13)15)24-11-25-18/h3-7,9-10,13H,2,8,11H2,1H3/t13-/m1/s1. The molecule has 0 saturated heterocycles. The maximum atomic E-state index is 5.87. The second-order valence-electron chi connectivity index (χ2n) is 6.11. The first kappa shape index (κ1) is 14.3. The first-order valence-electron chi connectivity index (χ1n) is 8.39. The summed E-state index contributed by atoms with van der Waals surface area (Å²) in [5.74, 6) is 3.52. The molecule has 0 radical (unpaired) electrons. The molecule has 0 unspecified atom stereocenters. The van der Waals surface area contributed by atoms with E-state index in [4.69, 9.17) is 14.2 Å². The van der Waals surface area contributed by atoms with Crippen LogP contribution in [0.1, 0.15) is 29.8 Å². The molecule has 1 atom stereocenters. The molecule has 6 heteroatoms. The number of para-hydroxylation sites is 1. The Balaban J connectivity index is 1.71. The molecule has 0 fully saturated rings. The minimum Gasteiger partial charge on any atom is -0.494 e. The molecular formula is C19H17N3O3. The number of aromatic nitrogens is 3. The minimum atomic E-state index is 0.129. The van der Waals surface area contributed by atoms with Crippen molar-refractivity contribution in [2.75, 3.05) is 13.4 Å². The number of hydrogen-bond donors (Lipinski definition) is 0. The molecule has 5 rings (SSSR count). The Kier molecular flexibility index (Phi) is 3.16. The summed E-state index contributed by atoms with van der Waals surface area (Å²) in [5, 5.41) is 8.39. The van der Waals surface area contributed by atoms with Crippen molar-refractivity contribution in [1.29, 1.82) is 0 Å². The predicted molar refractivity (Wildman–Crippen MR) is 90.6 cm³/mol. The van der Waals surface area contributed by atoms with Crippen LogP contribution in [-0.4, -0.2) is 28.2 Å². The van der Waals surface area contributed by atoms with Gasteiger partial charge < -0.3 is 14.2 Å². The van der Waals surface area contributed by atoms with Gasteiger partial charge in [0.05, 0.1) is 12.3 Å². The van der Waals surface area contributed by atoms with E-state index in [0.717, 1.165) is 40.7 Å². The van der Waals surface area contributed by atoms with E-state index < -0.39 is 0 Å². The van der Waals surface area contributed by atoms with Crippen molar-refractivity contribution in [1.82, 2.24) is 14.8 Å². The van der Waals surface area contributed by atoms with Crippen molar-refractivity contribution >= 4 is 0 Å². The summed E-state index contributed by atoms with van der Waals surface area (Å²) in [6.07, 6.45) is 2.51. The van der Waals surface area contributed by atoms with Crippen LogP contribution in [0.4, 0.5) is 0 Å². The molecule has 0 aliphatic carbocycles. The lowest BCUT2D eigenvalue weighted by Gasteiger charge is -2.28. The molecule has 3 aromatic rings. The third-order valence-electron chi connectivity index (χ3n) is 4.76. The molecule has 0 bridgehead atoms. The number of fused-ring (bicyclic) bond motifs is 4. The van der Waals surface area contributed by atoms with E-state index in [1.54, 1.807) is 6.33 Å². The molecule has 3 heterocycles. The van der Waals surface area contributed by atoms with Crippen LogP contribution in [0.15, 0.2) is 42.7 Å². The zero-order valence-corrected chi connectivity index (χ0v) is 13.8. The Hall–Kier alpha value is -3.02. The van der Waals surface area contributed by atoms with Crippen molar-refractivity contribution in [2.45, 2.75) is 19.3 Å². The summed E-state index contributed by atoms with van der Waals surface area (Å²) < 4.78 is 19.1. The fraction of sp³-hybridized carbons (Fsp3) is 0.263. The summed E-state index contributed by atoms with van der Waals surface area (Å²) in [5.41, 5.74) is 3.36. The molecule has 6 nitrogen and oxygen atoms in total. The van der Waals surface area contributed by atoms with E-state index >= 15 is 0 Å². The normalized spacial score (nSPS) is 17.1. The molecule has 0 saturated carbocycles. The van der Waals surface area contributed by atoms with Crippen LogP contribution < -0.4 is 14.2 Å². The van der Waals surface area contributed by atoms with Crippen LogP contribution in [0.2, 0.25) is 0 Å². The monoisotopic (exact) mass is 335 g/mol. The van der Waals surface area contributed by atoms with Gasteiger partial charge in [0.1, 0.15) is 17.9 Å². The van der Waals surface area contributed by atoms with Crippen LogP contribution in [0.3, 0.4) is 0 Å². The second kappa shape index (κ2) is 5.51. The maximum absolute atomic E-state index is 5.87. The van der Waals surface area contributed by atoms with Crippen LogP contribution >= 0.6 is 0 Å². The highest BCUT2D eigenvalue weighted by Crippen LogP contribution is 2.45. The van der Waals surface area contributed by atoms with E-state index in [-0.39, 0.29) is 12.7 Å². The molecule has 126 valence electrons. The van der Waals surface area contributed by atoms with Crippen molar-refractivity contribution < 1.29 is 14.2 Å². The lowest BCUT2D eigenvalue weighted by Crippen LogP contribution is -2.19. The fourth-order valence-electron chi connectivity index (χ4n) is 3.66. The topological polar surface area (TPSA) is 58.4 Å². The Bertz CT molecular complexity index is 951. The molecule has 1 aromatic heterocycles. The smallest absolute Gasteiger partial charge is 0.231 e. The van der Waals surface area contributed by atoms with Gasteiger partial charge >= 0.3 is 0 Å². The van der Waals surface area contributed by atoms with Crippen molar-refractivity contribution in [3.05, 3.63) is 59.7 Å². The van der Waals surface area contributed by atoms with E-state index in [0.29, 0.717) is 6.61 Å². The molecule has 2 aromatic carbocycles. The zero-order chi connectivity index (χ0) is 16.8. The van der Waals surface area contributed by atoms with Gasteiger partial charge in [-0.25, -0.2) is 0 Å². The number of benzene rings is 2. The summed E-state index contributed by atoms with van der Waals surface area (Å²) >= 11 is 0. The number of ether oxygens (including phenoxy) is 3. The Morgan fingerprint density at radius 2 is 2.00 bits per heavy atom. The van der Waals surface area contributed by atoms with Gasteiger partial charge in [-0.15, -0.1) is 10.2 Å². The third kappa shape index (κ3) is 2.17. The molecule has 2 aliphatic rings. The first-order valence-corrected chi connectivity index (χ1v) is 8.39. The predicted octanol–water partition coefficient (Wildman–Crippen LogP) is 3.08. The van der Waals surface area contributed by atoms with Crippen molar-refractivity contribution in [3.8, 4) is 22.9 Å². The molecule has 25 heavy (non-hydrogen) atoms. The third-order valence-corrected chi connectivity index (χ3v) is 4.76. The average molecular weight is 335 g/mol. The van der Waals surface area contributed by atoms with E-state index in [1.165, 1.54) is 5.56 Å². The Morgan fingerprint density at radius 3 is 2.88 bits per heavy atom. The molecular weight excluding hydrogens is 318 g/mol. The van der Waals surface area contributed by atoms with Crippen molar-refractivity contribution in [2.24, 2.45) is 0 Å². The number of nitrogens with zero attached hydrogens (tertiary/aromatic N) is 3. The van der Waals surface area contributed by atoms with Crippen LogP contribution in [0.25, 0.3) is 5.69 Å². The fourth-order valence-corrected chi connectivity index (χ4v) is 3.66. The van der Waals surface area contributed by atoms with Crippen LogP contribution in [-0.2, 0) is 6.42 Å². The highest BCUT2D eigenvalue weighted by molar-refractivity contribution is 5.61. The van der Waals surface area contributed by atoms with Gasteiger partial charge in [0.15, 0.2) is 11.5 Å². The van der Waals surface area contributed by atoms with Crippen molar-refractivity contribution in [3.63, 3.8) is 0 Å². The highest BCUT2D eigenvalue weighted by Gasteiger charge is 2.31. The van der Waals surface area contributed by atoms with Crippen LogP contribution in [0, 0.1) is 0 Å². The molecule has 0 spiro atoms. The first-order chi connectivity index (χ1) is 12.3. The van der Waals surface area contributed by atoms with Gasteiger partial charge in [-0.05, 0) is 24.6 Å². The summed E-state index contributed by atoms with van der Waals surface area (Å²) in [7, 11) is 0. The lowest BCUT2D eigenvalue weighted by molar-refractivity contribution is 0.174. The largest absolute Gasteiger partial charge is 0.494 e. The van der Waals surface area contributed by atoms with Gasteiger partial charge in [0, 0.05) is 24.0 Å². The lowest BCUT2D eigenvalue weighted by atomic mass is 9.84. The van der Waals surface area contributed by atoms with Gasteiger partial charge in [-0.1, -0.05) is 18.2 Å². The maximum Gasteiger partial charge on any atom is 0.231 e. The molecule has 2 aliphatic heterocycles. The summed E-state index contributed by atoms with van der Waals surface area (Å²) in [4.78, 5) is 0. The number of rotatable bonds is 3. The average Bonchev–Trinajstić information content (AvgIpc) is 3.29. The van der Waals surface area contributed by atoms with Crippen LogP contribution in [0.5, 0.6) is 17.2 Å². The Morgan fingerprint density at radius 1 is 1.16 bits per heavy atom. The second-order valence-corrected chi connectivity index (χ2v) is 6.11. The summed E-state index contributed by atoms with van der Waals surface area (Å²) in [6.45, 7) is 2.89. The van der Waals surface area contributed by atoms with E-state index in [9.17, 15) is 0 Å². The Labute approximate surface area is 145 Å². The highest BCUT2D eigenvalue weighted by atomic mass is 16.7. The number of hydrogen-bond acceptors (Lipinski definition) is 5. The van der Waals surface area contributed by atoms with Gasteiger partial charge in [0.2, 0.25) is 6.79 Å². The zero-order valence-electron chi connectivity index (χ0n) is 13.8. The minimum absolute atomic E-state index is 0.129. The molecule has 0 N–H and O–H groups in total. The van der Waals surface area contributed by atoms with Gasteiger partial charge in [0.25, 0.3) is 0 Å². The van der Waals surface area contributed by atoms with Gasteiger partial charge in [-0.2, -0.15) is 0 Å². The van der Waals surface area contributed by atoms with Gasteiger partial charge in [-0.3, -0.25) is 4.57 Å². The van der Waals surface area contributed by atoms with E-state index in [1.807, 2.05) is 35.8 Å². The van der Waals surface area contributed by atoms with E-state index in [2.05, 4.69) is 22.3 Å². The quantitative estimate of drug-likeness (QED) is 0.736. The summed E-state index contributed by atoms with van der Waals surface area (Å²) in [6, 6.07) is 12.3. The molecule has 0 amide bonds. The SMILES string of the molecule is CCOc1ccccc1[C@H]1Cc2nncn2-c2cc3c(cc21)OCO3.